The molecule has 30 heavy (non-hydrogen) atoms. The number of nitrogens with zero attached hydrogens (tertiary/aromatic N) is 4. The van der Waals surface area contributed by atoms with Crippen molar-refractivity contribution in [3.8, 4) is 5.75 Å². The van der Waals surface area contributed by atoms with E-state index in [2.05, 4.69) is 10.3 Å². The lowest BCUT2D eigenvalue weighted by atomic mass is 10.1. The molecule has 2 heterocycles. The van der Waals surface area contributed by atoms with Gasteiger partial charge in [-0.15, -0.1) is 0 Å². The third-order valence-electron chi connectivity index (χ3n) is 5.13. The van der Waals surface area contributed by atoms with Crippen LogP contribution in [0.25, 0.3) is 21.9 Å². The summed E-state index contributed by atoms with van der Waals surface area (Å²) in [6.07, 6.45) is 1.40. The minimum Gasteiger partial charge on any atom is -0.497 e. The lowest BCUT2D eigenvalue weighted by molar-refractivity contribution is -0.121. The number of hydrogen-bond acceptors (Lipinski definition) is 5. The molecule has 1 N–H and O–H groups in total. The summed E-state index contributed by atoms with van der Waals surface area (Å²) in [7, 11) is 4.57. The van der Waals surface area contributed by atoms with Crippen LogP contribution >= 0.6 is 0 Å². The molecule has 0 radical (unpaired) electrons. The standard InChI is InChI=1S/C21H21N5O4/c1-24-19-18(20(28)25(2)21(24)29)26(12-23-19)11-17(27)22-10-13-4-5-15-9-16(30-3)7-6-14(15)8-13/h4-9,12H,10-11H2,1-3H3,(H,22,27). The normalized spacial score (nSPS) is 11.2. The SMILES string of the molecule is COc1ccc2cc(CNC(=O)Cn3cnc4c3c(=O)n(C)c(=O)n4C)ccc2c1. The maximum atomic E-state index is 12.5. The van der Waals surface area contributed by atoms with Gasteiger partial charge in [0.1, 0.15) is 12.3 Å². The Morgan fingerprint density at radius 2 is 1.80 bits per heavy atom. The van der Waals surface area contributed by atoms with Crippen LogP contribution in [0.5, 0.6) is 5.75 Å². The summed E-state index contributed by atoms with van der Waals surface area (Å²) in [5, 5.41) is 4.96. The van der Waals surface area contributed by atoms with Crippen LogP contribution in [0.3, 0.4) is 0 Å². The van der Waals surface area contributed by atoms with E-state index < -0.39 is 11.2 Å². The summed E-state index contributed by atoms with van der Waals surface area (Å²) in [5.74, 6) is 0.528. The fourth-order valence-corrected chi connectivity index (χ4v) is 3.44. The third kappa shape index (κ3) is 3.34. The average Bonchev–Trinajstić information content (AvgIpc) is 3.17. The second kappa shape index (κ2) is 7.51. The summed E-state index contributed by atoms with van der Waals surface area (Å²) in [5.41, 5.74) is 0.476. The van der Waals surface area contributed by atoms with E-state index in [0.717, 1.165) is 26.7 Å². The molecular formula is C21H21N5O4. The van der Waals surface area contributed by atoms with Gasteiger partial charge in [0.05, 0.1) is 13.4 Å². The van der Waals surface area contributed by atoms with Crippen molar-refractivity contribution in [3.63, 3.8) is 0 Å². The van der Waals surface area contributed by atoms with Gasteiger partial charge in [-0.1, -0.05) is 18.2 Å². The minimum absolute atomic E-state index is 0.0747. The van der Waals surface area contributed by atoms with Gasteiger partial charge in [-0.05, 0) is 34.5 Å². The molecule has 0 saturated heterocycles. The largest absolute Gasteiger partial charge is 0.497 e. The predicted molar refractivity (Wildman–Crippen MR) is 113 cm³/mol. The van der Waals surface area contributed by atoms with Gasteiger partial charge >= 0.3 is 5.69 Å². The van der Waals surface area contributed by atoms with Crippen LogP contribution in [0.2, 0.25) is 0 Å². The number of nitrogens with one attached hydrogen (secondary N) is 1. The highest BCUT2D eigenvalue weighted by atomic mass is 16.5. The summed E-state index contributed by atoms with van der Waals surface area (Å²) in [6.45, 7) is 0.276. The average molecular weight is 407 g/mol. The van der Waals surface area contributed by atoms with Crippen LogP contribution in [-0.4, -0.2) is 31.7 Å². The summed E-state index contributed by atoms with van der Waals surface area (Å²) in [6, 6.07) is 11.7. The van der Waals surface area contributed by atoms with E-state index in [-0.39, 0.29) is 23.6 Å². The van der Waals surface area contributed by atoms with Gasteiger partial charge in [0.15, 0.2) is 11.2 Å². The zero-order valence-corrected chi connectivity index (χ0v) is 16.9. The molecule has 0 aliphatic heterocycles. The van der Waals surface area contributed by atoms with Crippen molar-refractivity contribution in [2.24, 2.45) is 14.1 Å². The monoisotopic (exact) mass is 407 g/mol. The number of carbonyl (C=O) groups is 1. The van der Waals surface area contributed by atoms with Gasteiger partial charge in [0.2, 0.25) is 5.91 Å². The molecule has 4 aromatic rings. The number of ether oxygens (including phenoxy) is 1. The maximum Gasteiger partial charge on any atom is 0.332 e. The Bertz CT molecular complexity index is 1400. The van der Waals surface area contributed by atoms with E-state index in [9.17, 15) is 14.4 Å². The molecule has 0 saturated carbocycles. The third-order valence-corrected chi connectivity index (χ3v) is 5.13. The van der Waals surface area contributed by atoms with E-state index in [1.807, 2.05) is 36.4 Å². The molecule has 0 atom stereocenters. The van der Waals surface area contributed by atoms with Gasteiger partial charge < -0.3 is 14.6 Å². The van der Waals surface area contributed by atoms with Crippen molar-refractivity contribution in [2.45, 2.75) is 13.1 Å². The van der Waals surface area contributed by atoms with Crippen LogP contribution < -0.4 is 21.3 Å². The van der Waals surface area contributed by atoms with Crippen molar-refractivity contribution in [1.82, 2.24) is 24.0 Å². The Kier molecular flexibility index (Phi) is 4.86. The topological polar surface area (TPSA) is 100 Å². The number of fused-ring (bicyclic) bond motifs is 2. The van der Waals surface area contributed by atoms with E-state index in [4.69, 9.17) is 4.74 Å². The van der Waals surface area contributed by atoms with Crippen molar-refractivity contribution in [1.29, 1.82) is 0 Å². The quantitative estimate of drug-likeness (QED) is 0.530. The van der Waals surface area contributed by atoms with Gasteiger partial charge in [-0.3, -0.25) is 18.7 Å². The molecule has 9 heteroatoms. The number of rotatable bonds is 5. The van der Waals surface area contributed by atoms with Crippen LogP contribution in [0.1, 0.15) is 5.56 Å². The Hall–Kier alpha value is -3.88. The Morgan fingerprint density at radius 1 is 1.07 bits per heavy atom. The fourth-order valence-electron chi connectivity index (χ4n) is 3.44. The molecule has 0 fully saturated rings. The molecule has 0 spiro atoms. The number of benzene rings is 2. The van der Waals surface area contributed by atoms with Gasteiger partial charge in [0, 0.05) is 20.6 Å². The zero-order valence-electron chi connectivity index (χ0n) is 16.9. The Labute approximate surface area is 171 Å². The van der Waals surface area contributed by atoms with Crippen molar-refractivity contribution < 1.29 is 9.53 Å². The van der Waals surface area contributed by atoms with Crippen molar-refractivity contribution in [2.75, 3.05) is 7.11 Å². The molecule has 9 nitrogen and oxygen atoms in total. The molecule has 1 amide bonds. The first-order valence-electron chi connectivity index (χ1n) is 9.33. The molecular weight excluding hydrogens is 386 g/mol. The number of hydrogen-bond donors (Lipinski definition) is 1. The number of carbonyl (C=O) groups excluding carboxylic acids is 1. The lowest BCUT2D eigenvalue weighted by Crippen LogP contribution is -2.38. The number of aryl methyl sites for hydroxylation is 1. The first-order valence-corrected chi connectivity index (χ1v) is 9.33. The van der Waals surface area contributed by atoms with E-state index in [0.29, 0.717) is 6.54 Å². The van der Waals surface area contributed by atoms with Crippen LogP contribution in [0.15, 0.2) is 52.3 Å². The number of aromatic nitrogens is 4. The second-order valence-electron chi connectivity index (χ2n) is 7.07. The minimum atomic E-state index is -0.483. The van der Waals surface area contributed by atoms with Gasteiger partial charge in [0.25, 0.3) is 5.56 Å². The Balaban J connectivity index is 1.51. The number of amides is 1. The molecule has 0 aliphatic carbocycles. The second-order valence-corrected chi connectivity index (χ2v) is 7.07. The smallest absolute Gasteiger partial charge is 0.332 e. The van der Waals surface area contributed by atoms with Gasteiger partial charge in [-0.2, -0.15) is 0 Å². The van der Waals surface area contributed by atoms with Crippen LogP contribution in [-0.2, 0) is 32.0 Å². The highest BCUT2D eigenvalue weighted by Gasteiger charge is 2.15. The first kappa shape index (κ1) is 19.4. The van der Waals surface area contributed by atoms with Crippen molar-refractivity contribution in [3.05, 3.63) is 69.1 Å². The van der Waals surface area contributed by atoms with Crippen LogP contribution in [0.4, 0.5) is 0 Å². The summed E-state index contributed by atoms with van der Waals surface area (Å²) >= 11 is 0. The van der Waals surface area contributed by atoms with E-state index in [1.165, 1.54) is 29.6 Å². The molecule has 0 bridgehead atoms. The molecule has 2 aromatic heterocycles. The first-order chi connectivity index (χ1) is 14.4. The summed E-state index contributed by atoms with van der Waals surface area (Å²) < 4.78 is 8.98. The zero-order chi connectivity index (χ0) is 21.4. The fraction of sp³-hybridized carbons (Fsp3) is 0.238. The molecule has 2 aromatic carbocycles. The maximum absolute atomic E-state index is 12.5. The predicted octanol–water partition coefficient (Wildman–Crippen LogP) is 0.912. The van der Waals surface area contributed by atoms with Crippen molar-refractivity contribution >= 4 is 27.8 Å². The van der Waals surface area contributed by atoms with E-state index in [1.54, 1.807) is 7.11 Å². The molecule has 0 aliphatic rings. The highest BCUT2D eigenvalue weighted by Crippen LogP contribution is 2.21. The molecule has 4 rings (SSSR count). The molecule has 154 valence electrons. The summed E-state index contributed by atoms with van der Waals surface area (Å²) in [4.78, 5) is 41.1. The van der Waals surface area contributed by atoms with Gasteiger partial charge in [-0.25, -0.2) is 9.78 Å². The number of methoxy groups -OCH3 is 1. The highest BCUT2D eigenvalue weighted by molar-refractivity contribution is 5.85. The van der Waals surface area contributed by atoms with E-state index >= 15 is 0 Å². The Morgan fingerprint density at radius 3 is 2.57 bits per heavy atom. The molecule has 0 unspecified atom stereocenters. The van der Waals surface area contributed by atoms with Crippen LogP contribution in [0, 0.1) is 0 Å². The number of imidazole rings is 1. The lowest BCUT2D eigenvalue weighted by Gasteiger charge is -2.09.